The Hall–Kier alpha value is -1.42. The SMILES string of the molecule is CC(=O)c1ccc2[nH]c(=S)n(C)c2c1. The Balaban J connectivity index is 2.82. The summed E-state index contributed by atoms with van der Waals surface area (Å²) in [5.74, 6) is 0.0685. The molecule has 0 aliphatic carbocycles. The van der Waals surface area contributed by atoms with E-state index >= 15 is 0 Å². The van der Waals surface area contributed by atoms with E-state index in [2.05, 4.69) is 4.98 Å². The van der Waals surface area contributed by atoms with Gasteiger partial charge < -0.3 is 9.55 Å². The molecule has 14 heavy (non-hydrogen) atoms. The molecule has 0 radical (unpaired) electrons. The summed E-state index contributed by atoms with van der Waals surface area (Å²) in [4.78, 5) is 14.2. The van der Waals surface area contributed by atoms with Crippen molar-refractivity contribution in [3.05, 3.63) is 28.5 Å². The summed E-state index contributed by atoms with van der Waals surface area (Å²) in [6.45, 7) is 1.56. The normalized spacial score (nSPS) is 10.7. The zero-order valence-corrected chi connectivity index (χ0v) is 8.81. The van der Waals surface area contributed by atoms with Crippen molar-refractivity contribution in [2.45, 2.75) is 6.92 Å². The quantitative estimate of drug-likeness (QED) is 0.575. The number of Topliss-reactive ketones (excluding diaryl/α,β-unsaturated/α-hetero) is 1. The van der Waals surface area contributed by atoms with E-state index in [0.29, 0.717) is 10.3 Å². The highest BCUT2D eigenvalue weighted by atomic mass is 32.1. The number of benzene rings is 1. The number of ketones is 1. The highest BCUT2D eigenvalue weighted by Crippen LogP contribution is 2.15. The average Bonchev–Trinajstić information content (AvgIpc) is 2.43. The molecule has 4 heteroatoms. The molecular formula is C10H10N2OS. The first kappa shape index (κ1) is 9.15. The number of imidazole rings is 1. The number of aromatic amines is 1. The van der Waals surface area contributed by atoms with E-state index in [1.807, 2.05) is 23.7 Å². The van der Waals surface area contributed by atoms with Crippen LogP contribution in [-0.2, 0) is 7.05 Å². The van der Waals surface area contributed by atoms with E-state index in [1.54, 1.807) is 13.0 Å². The first-order valence-corrected chi connectivity index (χ1v) is 4.70. The molecule has 72 valence electrons. The van der Waals surface area contributed by atoms with Crippen LogP contribution in [0.2, 0.25) is 0 Å². The molecule has 0 saturated carbocycles. The molecule has 2 aromatic rings. The highest BCUT2D eigenvalue weighted by molar-refractivity contribution is 7.71. The lowest BCUT2D eigenvalue weighted by Crippen LogP contribution is -1.93. The minimum absolute atomic E-state index is 0.0685. The van der Waals surface area contributed by atoms with Crippen LogP contribution in [0, 0.1) is 4.77 Å². The monoisotopic (exact) mass is 206 g/mol. The molecule has 2 rings (SSSR count). The number of nitrogens with zero attached hydrogens (tertiary/aromatic N) is 1. The van der Waals surface area contributed by atoms with Gasteiger partial charge >= 0.3 is 0 Å². The number of aryl methyl sites for hydroxylation is 1. The molecular weight excluding hydrogens is 196 g/mol. The third kappa shape index (κ3) is 1.28. The van der Waals surface area contributed by atoms with E-state index < -0.39 is 0 Å². The molecule has 0 bridgehead atoms. The summed E-state index contributed by atoms with van der Waals surface area (Å²) in [7, 11) is 1.88. The molecule has 0 amide bonds. The van der Waals surface area contributed by atoms with Crippen molar-refractivity contribution >= 4 is 29.0 Å². The van der Waals surface area contributed by atoms with Crippen LogP contribution >= 0.6 is 12.2 Å². The first-order valence-electron chi connectivity index (χ1n) is 4.29. The van der Waals surface area contributed by atoms with Crippen LogP contribution in [-0.4, -0.2) is 15.3 Å². The number of hydrogen-bond acceptors (Lipinski definition) is 2. The Labute approximate surface area is 86.4 Å². The number of aromatic nitrogens is 2. The second-order valence-electron chi connectivity index (χ2n) is 3.28. The first-order chi connectivity index (χ1) is 6.59. The van der Waals surface area contributed by atoms with Crippen molar-refractivity contribution in [3.63, 3.8) is 0 Å². The minimum Gasteiger partial charge on any atom is -0.331 e. The number of fused-ring (bicyclic) bond motifs is 1. The number of H-pyrrole nitrogens is 1. The maximum Gasteiger partial charge on any atom is 0.177 e. The molecule has 1 heterocycles. The summed E-state index contributed by atoms with van der Waals surface area (Å²) < 4.78 is 2.53. The lowest BCUT2D eigenvalue weighted by atomic mass is 10.1. The predicted molar refractivity (Wildman–Crippen MR) is 58.1 cm³/mol. The number of carbonyl (C=O) groups excluding carboxylic acids is 1. The van der Waals surface area contributed by atoms with Gasteiger partial charge in [0, 0.05) is 12.6 Å². The third-order valence-electron chi connectivity index (χ3n) is 2.31. The summed E-state index contributed by atoms with van der Waals surface area (Å²) >= 11 is 5.09. The van der Waals surface area contributed by atoms with Crippen molar-refractivity contribution in [2.75, 3.05) is 0 Å². The van der Waals surface area contributed by atoms with Crippen molar-refractivity contribution in [1.29, 1.82) is 0 Å². The Morgan fingerprint density at radius 2 is 2.21 bits per heavy atom. The summed E-state index contributed by atoms with van der Waals surface area (Å²) in [5.41, 5.74) is 2.63. The Morgan fingerprint density at radius 3 is 2.86 bits per heavy atom. The van der Waals surface area contributed by atoms with Crippen molar-refractivity contribution in [3.8, 4) is 0 Å². The topological polar surface area (TPSA) is 37.8 Å². The molecule has 0 spiro atoms. The zero-order valence-electron chi connectivity index (χ0n) is 8.00. The van der Waals surface area contributed by atoms with E-state index in [1.165, 1.54) is 0 Å². The van der Waals surface area contributed by atoms with Gasteiger partial charge in [-0.3, -0.25) is 4.79 Å². The fraction of sp³-hybridized carbons (Fsp3) is 0.200. The van der Waals surface area contributed by atoms with Crippen LogP contribution in [0.15, 0.2) is 18.2 Å². The van der Waals surface area contributed by atoms with Gasteiger partial charge in [0.1, 0.15) is 0 Å². The van der Waals surface area contributed by atoms with Gasteiger partial charge in [-0.2, -0.15) is 0 Å². The Kier molecular flexibility index (Phi) is 2.00. The van der Waals surface area contributed by atoms with Crippen LogP contribution in [0.5, 0.6) is 0 Å². The van der Waals surface area contributed by atoms with Gasteiger partial charge in [0.15, 0.2) is 10.6 Å². The van der Waals surface area contributed by atoms with Gasteiger partial charge in [0.05, 0.1) is 11.0 Å². The molecule has 0 aliphatic heterocycles. The Bertz CT molecular complexity index is 565. The number of hydrogen-bond donors (Lipinski definition) is 1. The Morgan fingerprint density at radius 1 is 1.50 bits per heavy atom. The van der Waals surface area contributed by atoms with E-state index in [0.717, 1.165) is 11.0 Å². The van der Waals surface area contributed by atoms with Gasteiger partial charge in [-0.15, -0.1) is 0 Å². The summed E-state index contributed by atoms with van der Waals surface area (Å²) in [6, 6.07) is 5.53. The molecule has 3 nitrogen and oxygen atoms in total. The lowest BCUT2D eigenvalue weighted by Gasteiger charge is -1.97. The summed E-state index contributed by atoms with van der Waals surface area (Å²) in [5, 5.41) is 0. The maximum absolute atomic E-state index is 11.2. The number of rotatable bonds is 1. The standard InChI is InChI=1S/C10H10N2OS/c1-6(13)7-3-4-8-9(5-7)12(2)10(14)11-8/h3-5H,1-2H3,(H,11,14). The lowest BCUT2D eigenvalue weighted by molar-refractivity contribution is 0.101. The van der Waals surface area contributed by atoms with Gasteiger partial charge in [-0.05, 0) is 37.3 Å². The van der Waals surface area contributed by atoms with Crippen LogP contribution < -0.4 is 0 Å². The largest absolute Gasteiger partial charge is 0.331 e. The van der Waals surface area contributed by atoms with Gasteiger partial charge in [0.2, 0.25) is 0 Å². The van der Waals surface area contributed by atoms with Crippen LogP contribution in [0.3, 0.4) is 0 Å². The van der Waals surface area contributed by atoms with Crippen molar-refractivity contribution in [2.24, 2.45) is 7.05 Å². The summed E-state index contributed by atoms with van der Waals surface area (Å²) in [6.07, 6.45) is 0. The highest BCUT2D eigenvalue weighted by Gasteiger charge is 2.04. The molecule has 1 aromatic carbocycles. The minimum atomic E-state index is 0.0685. The van der Waals surface area contributed by atoms with Crippen molar-refractivity contribution in [1.82, 2.24) is 9.55 Å². The van der Waals surface area contributed by atoms with E-state index in [-0.39, 0.29) is 5.78 Å². The van der Waals surface area contributed by atoms with Crippen LogP contribution in [0.4, 0.5) is 0 Å². The molecule has 0 aliphatic rings. The third-order valence-corrected chi connectivity index (χ3v) is 2.69. The smallest absolute Gasteiger partial charge is 0.177 e. The maximum atomic E-state index is 11.2. The number of nitrogens with one attached hydrogen (secondary N) is 1. The molecule has 1 N–H and O–H groups in total. The second kappa shape index (κ2) is 3.06. The van der Waals surface area contributed by atoms with E-state index in [9.17, 15) is 4.79 Å². The molecule has 1 aromatic heterocycles. The average molecular weight is 206 g/mol. The predicted octanol–water partition coefficient (Wildman–Crippen LogP) is 2.44. The van der Waals surface area contributed by atoms with Gasteiger partial charge in [-0.1, -0.05) is 0 Å². The zero-order chi connectivity index (χ0) is 10.3. The second-order valence-corrected chi connectivity index (χ2v) is 3.66. The van der Waals surface area contributed by atoms with Crippen molar-refractivity contribution < 1.29 is 4.79 Å². The van der Waals surface area contributed by atoms with E-state index in [4.69, 9.17) is 12.2 Å². The fourth-order valence-corrected chi connectivity index (χ4v) is 1.65. The fourth-order valence-electron chi connectivity index (χ4n) is 1.44. The molecule has 0 fully saturated rings. The van der Waals surface area contributed by atoms with Crippen LogP contribution in [0.25, 0.3) is 11.0 Å². The molecule has 0 unspecified atom stereocenters. The van der Waals surface area contributed by atoms with Gasteiger partial charge in [0.25, 0.3) is 0 Å². The number of carbonyl (C=O) groups is 1. The van der Waals surface area contributed by atoms with Gasteiger partial charge in [-0.25, -0.2) is 0 Å². The molecule has 0 saturated heterocycles. The van der Waals surface area contributed by atoms with Crippen LogP contribution in [0.1, 0.15) is 17.3 Å². The molecule has 0 atom stereocenters.